The third kappa shape index (κ3) is 6.12. The number of rotatable bonds is 4. The van der Waals surface area contributed by atoms with Crippen LogP contribution in [0.25, 0.3) is 0 Å². The van der Waals surface area contributed by atoms with E-state index in [9.17, 15) is 44.3 Å². The predicted octanol–water partition coefficient (Wildman–Crippen LogP) is 7.96. The normalized spacial score (nSPS) is 19.7. The number of halogens is 9. The average Bonchev–Trinajstić information content (AvgIpc) is 3.05. The van der Waals surface area contributed by atoms with E-state index in [0.717, 1.165) is 18.2 Å². The minimum atomic E-state index is -4.95. The molecule has 0 N–H and O–H groups in total. The van der Waals surface area contributed by atoms with Gasteiger partial charge in [0.2, 0.25) is 0 Å². The van der Waals surface area contributed by atoms with Crippen LogP contribution in [0.2, 0.25) is 0 Å². The number of allylic oxidation sites excluding steroid dienone is 4. The lowest BCUT2D eigenvalue weighted by atomic mass is 9.96. The van der Waals surface area contributed by atoms with E-state index in [1.165, 1.54) is 16.7 Å². The van der Waals surface area contributed by atoms with Crippen molar-refractivity contribution in [2.75, 3.05) is 23.0 Å². The van der Waals surface area contributed by atoms with Gasteiger partial charge in [-0.3, -0.25) is 4.90 Å². The number of hydrogen-bond donors (Lipinski definition) is 0. The molecule has 0 radical (unpaired) electrons. The van der Waals surface area contributed by atoms with E-state index < -0.39 is 59.8 Å². The fraction of sp³-hybridized carbons (Fsp3) is 0.480. The third-order valence-electron chi connectivity index (χ3n) is 6.43. The van der Waals surface area contributed by atoms with Crippen LogP contribution in [0.15, 0.2) is 53.1 Å². The van der Waals surface area contributed by atoms with Crippen molar-refractivity contribution in [1.82, 2.24) is 0 Å². The van der Waals surface area contributed by atoms with E-state index in [0.29, 0.717) is 18.2 Å². The van der Waals surface area contributed by atoms with Crippen molar-refractivity contribution in [2.24, 2.45) is 0 Å². The standard InChI is InChI=1S/C25H25F9N2O2/c1-4-19-13-35(14(3)15-10-16(23(26,27)28)6-7-17(11-15)24(29,30)31)21-12-18(25(32,33)34)8-9-20(21)36(19)22(37)38-5-2/h6,8-12,14,19H,4-5,7,13H2,1-3H3. The molecule has 0 bridgehead atoms. The molecule has 1 heterocycles. The summed E-state index contributed by atoms with van der Waals surface area (Å²) >= 11 is 0. The first-order valence-corrected chi connectivity index (χ1v) is 11.7. The second-order valence-electron chi connectivity index (χ2n) is 8.83. The maximum atomic E-state index is 13.6. The van der Waals surface area contributed by atoms with Crippen molar-refractivity contribution in [3.63, 3.8) is 0 Å². The number of ether oxygens (including phenoxy) is 1. The van der Waals surface area contributed by atoms with Gasteiger partial charge in [-0.1, -0.05) is 13.0 Å². The zero-order valence-corrected chi connectivity index (χ0v) is 20.6. The molecule has 210 valence electrons. The van der Waals surface area contributed by atoms with Crippen molar-refractivity contribution < 1.29 is 49.0 Å². The molecule has 1 aromatic carbocycles. The first-order valence-electron chi connectivity index (χ1n) is 11.7. The summed E-state index contributed by atoms with van der Waals surface area (Å²) in [5.74, 6) is 0. The summed E-state index contributed by atoms with van der Waals surface area (Å²) in [5, 5.41) is 0. The summed E-state index contributed by atoms with van der Waals surface area (Å²) in [4.78, 5) is 15.2. The lowest BCUT2D eigenvalue weighted by molar-refractivity contribution is -0.137. The quantitative estimate of drug-likeness (QED) is 0.353. The molecular formula is C25H25F9N2O2. The highest BCUT2D eigenvalue weighted by Crippen LogP contribution is 2.44. The molecule has 0 saturated carbocycles. The molecule has 1 aliphatic carbocycles. The van der Waals surface area contributed by atoms with Crippen LogP contribution in [0.4, 0.5) is 55.7 Å². The summed E-state index contributed by atoms with van der Waals surface area (Å²) in [6, 6.07) is 0.627. The Labute approximate surface area is 213 Å². The second kappa shape index (κ2) is 10.6. The van der Waals surface area contributed by atoms with E-state index in [4.69, 9.17) is 4.74 Å². The zero-order valence-electron chi connectivity index (χ0n) is 20.6. The summed E-state index contributed by atoms with van der Waals surface area (Å²) in [7, 11) is 0. The van der Waals surface area contributed by atoms with Gasteiger partial charge in [-0.15, -0.1) is 0 Å². The molecule has 2 aliphatic rings. The monoisotopic (exact) mass is 556 g/mol. The van der Waals surface area contributed by atoms with E-state index in [-0.39, 0.29) is 36.5 Å². The zero-order chi connectivity index (χ0) is 28.6. The van der Waals surface area contributed by atoms with Gasteiger partial charge in [0.15, 0.2) is 0 Å². The molecule has 2 atom stereocenters. The van der Waals surface area contributed by atoms with Gasteiger partial charge < -0.3 is 9.64 Å². The molecule has 0 aromatic heterocycles. The van der Waals surface area contributed by atoms with Crippen molar-refractivity contribution in [3.05, 3.63) is 58.7 Å². The first-order chi connectivity index (χ1) is 17.5. The summed E-state index contributed by atoms with van der Waals surface area (Å²) < 4.78 is 127. The molecule has 2 unspecified atom stereocenters. The Morgan fingerprint density at radius 3 is 2.16 bits per heavy atom. The molecule has 1 aliphatic heterocycles. The van der Waals surface area contributed by atoms with Crippen LogP contribution in [-0.4, -0.2) is 43.7 Å². The van der Waals surface area contributed by atoms with Gasteiger partial charge in [-0.05, 0) is 62.6 Å². The fourth-order valence-electron chi connectivity index (χ4n) is 4.43. The van der Waals surface area contributed by atoms with Gasteiger partial charge in [0.25, 0.3) is 0 Å². The summed E-state index contributed by atoms with van der Waals surface area (Å²) in [6.07, 6.45) is -14.6. The van der Waals surface area contributed by atoms with E-state index in [1.54, 1.807) is 13.8 Å². The van der Waals surface area contributed by atoms with Gasteiger partial charge in [0.05, 0.1) is 41.2 Å². The number of benzene rings is 1. The highest BCUT2D eigenvalue weighted by atomic mass is 19.4. The Bertz CT molecular complexity index is 1150. The van der Waals surface area contributed by atoms with Crippen molar-refractivity contribution in [2.45, 2.75) is 64.2 Å². The number of amides is 1. The topological polar surface area (TPSA) is 32.8 Å². The molecule has 0 spiro atoms. The molecule has 13 heteroatoms. The van der Waals surface area contributed by atoms with Gasteiger partial charge in [0, 0.05) is 12.1 Å². The average molecular weight is 556 g/mol. The maximum absolute atomic E-state index is 13.6. The van der Waals surface area contributed by atoms with Crippen LogP contribution in [0, 0.1) is 0 Å². The highest BCUT2D eigenvalue weighted by Gasteiger charge is 2.42. The van der Waals surface area contributed by atoms with Crippen LogP contribution < -0.4 is 9.80 Å². The highest BCUT2D eigenvalue weighted by molar-refractivity contribution is 5.95. The minimum Gasteiger partial charge on any atom is -0.449 e. The van der Waals surface area contributed by atoms with Gasteiger partial charge in [-0.25, -0.2) is 4.79 Å². The Balaban J connectivity index is 2.21. The predicted molar refractivity (Wildman–Crippen MR) is 123 cm³/mol. The van der Waals surface area contributed by atoms with E-state index in [1.807, 2.05) is 0 Å². The largest absolute Gasteiger partial charge is 0.449 e. The molecule has 1 aromatic rings. The third-order valence-corrected chi connectivity index (χ3v) is 6.43. The van der Waals surface area contributed by atoms with Crippen LogP contribution in [0.1, 0.15) is 39.2 Å². The van der Waals surface area contributed by atoms with Gasteiger partial charge >= 0.3 is 24.6 Å². The van der Waals surface area contributed by atoms with Crippen molar-refractivity contribution in [1.29, 1.82) is 0 Å². The number of carbonyl (C=O) groups excluding carboxylic acids is 1. The van der Waals surface area contributed by atoms with Crippen LogP contribution in [0.3, 0.4) is 0 Å². The SMILES string of the molecule is CCOC(=O)N1c2ccc(C(F)(F)F)cc2N(C(C)C2=CC(C(F)(F)F)=CCC(C(F)(F)F)=C2)CC1CC. The lowest BCUT2D eigenvalue weighted by Crippen LogP contribution is -2.54. The fourth-order valence-corrected chi connectivity index (χ4v) is 4.43. The number of nitrogens with zero attached hydrogens (tertiary/aromatic N) is 2. The van der Waals surface area contributed by atoms with Crippen LogP contribution >= 0.6 is 0 Å². The Hall–Kier alpha value is -3.12. The molecular weight excluding hydrogens is 531 g/mol. The van der Waals surface area contributed by atoms with Crippen LogP contribution in [0.5, 0.6) is 0 Å². The van der Waals surface area contributed by atoms with Crippen molar-refractivity contribution >= 4 is 17.5 Å². The molecule has 1 amide bonds. The minimum absolute atomic E-state index is 0.00207. The lowest BCUT2D eigenvalue weighted by Gasteiger charge is -2.45. The second-order valence-corrected chi connectivity index (χ2v) is 8.83. The van der Waals surface area contributed by atoms with Crippen LogP contribution in [-0.2, 0) is 10.9 Å². The molecule has 3 rings (SSSR count). The number of alkyl halides is 9. The number of carbonyl (C=O) groups is 1. The number of fused-ring (bicyclic) bond motifs is 1. The van der Waals surface area contributed by atoms with Gasteiger partial charge in [0.1, 0.15) is 0 Å². The Kier molecular flexibility index (Phi) is 8.18. The van der Waals surface area contributed by atoms with Gasteiger partial charge in [-0.2, -0.15) is 39.5 Å². The summed E-state index contributed by atoms with van der Waals surface area (Å²) in [5.41, 5.74) is -4.17. The molecule has 0 saturated heterocycles. The maximum Gasteiger partial charge on any atom is 0.416 e. The first kappa shape index (κ1) is 29.4. The number of anilines is 2. The smallest absolute Gasteiger partial charge is 0.416 e. The molecule has 0 fully saturated rings. The molecule has 4 nitrogen and oxygen atoms in total. The number of hydrogen-bond acceptors (Lipinski definition) is 3. The van der Waals surface area contributed by atoms with Crippen molar-refractivity contribution in [3.8, 4) is 0 Å². The Morgan fingerprint density at radius 2 is 1.63 bits per heavy atom. The van der Waals surface area contributed by atoms with E-state index in [2.05, 4.69) is 0 Å². The van der Waals surface area contributed by atoms with E-state index >= 15 is 0 Å². The molecule has 38 heavy (non-hydrogen) atoms. The Morgan fingerprint density at radius 1 is 0.974 bits per heavy atom. The summed E-state index contributed by atoms with van der Waals surface area (Å²) in [6.45, 7) is 4.35.